The fourth-order valence-corrected chi connectivity index (χ4v) is 1.61. The van der Waals surface area contributed by atoms with Crippen molar-refractivity contribution < 1.29 is 9.47 Å². The molecule has 0 spiro atoms. The van der Waals surface area contributed by atoms with Crippen molar-refractivity contribution in [3.05, 3.63) is 28.8 Å². The highest BCUT2D eigenvalue weighted by atomic mass is 35.5. The number of benzene rings is 1. The number of hydrogen-bond acceptors (Lipinski definition) is 3. The summed E-state index contributed by atoms with van der Waals surface area (Å²) < 4.78 is 10.3. The Hall–Kier alpha value is -0.800. The zero-order valence-electron chi connectivity index (χ0n) is 8.66. The Bertz CT molecular complexity index is 364. The summed E-state index contributed by atoms with van der Waals surface area (Å²) in [5, 5.41) is 0.551. The molecule has 4 heteroatoms. The van der Waals surface area contributed by atoms with Crippen molar-refractivity contribution in [2.45, 2.75) is 0 Å². The van der Waals surface area contributed by atoms with Gasteiger partial charge < -0.3 is 9.47 Å². The van der Waals surface area contributed by atoms with Crippen molar-refractivity contribution in [1.82, 2.24) is 0 Å². The first-order chi connectivity index (χ1) is 7.24. The summed E-state index contributed by atoms with van der Waals surface area (Å²) in [6, 6.07) is 3.70. The van der Waals surface area contributed by atoms with Crippen LogP contribution >= 0.6 is 24.2 Å². The van der Waals surface area contributed by atoms with E-state index in [4.69, 9.17) is 21.1 Å². The van der Waals surface area contributed by atoms with Crippen LogP contribution in [0.5, 0.6) is 11.5 Å². The summed E-state index contributed by atoms with van der Waals surface area (Å²) >= 11 is 10.2. The summed E-state index contributed by atoms with van der Waals surface area (Å²) in [5.41, 5.74) is 0.892. The third-order valence-electron chi connectivity index (χ3n) is 1.92. The third-order valence-corrected chi connectivity index (χ3v) is 2.52. The number of rotatable bonds is 4. The van der Waals surface area contributed by atoms with E-state index < -0.39 is 0 Å². The number of hydrogen-bond donors (Lipinski definition) is 1. The van der Waals surface area contributed by atoms with Gasteiger partial charge in [0.05, 0.1) is 19.2 Å². The maximum atomic E-state index is 6.15. The Labute approximate surface area is 100 Å². The lowest BCUT2D eigenvalue weighted by Gasteiger charge is -2.10. The van der Waals surface area contributed by atoms with Gasteiger partial charge in [-0.3, -0.25) is 0 Å². The van der Waals surface area contributed by atoms with Crippen LogP contribution in [0.3, 0.4) is 0 Å². The molecule has 0 amide bonds. The predicted molar refractivity (Wildman–Crippen MR) is 67.4 cm³/mol. The number of thiol groups is 1. The molecule has 2 nitrogen and oxygen atoms in total. The minimum absolute atomic E-state index is 0.551. The lowest BCUT2D eigenvalue weighted by molar-refractivity contribution is 0.355. The maximum Gasteiger partial charge on any atom is 0.179 e. The largest absolute Gasteiger partial charge is 0.493 e. The Morgan fingerprint density at radius 1 is 1.33 bits per heavy atom. The fraction of sp³-hybridized carbons (Fsp3) is 0.273. The van der Waals surface area contributed by atoms with Crippen molar-refractivity contribution >= 4 is 30.3 Å². The van der Waals surface area contributed by atoms with E-state index in [9.17, 15) is 0 Å². The van der Waals surface area contributed by atoms with E-state index in [1.807, 2.05) is 24.3 Å². The Morgan fingerprint density at radius 2 is 2.07 bits per heavy atom. The Morgan fingerprint density at radius 3 is 2.60 bits per heavy atom. The third kappa shape index (κ3) is 2.83. The van der Waals surface area contributed by atoms with Gasteiger partial charge in [-0.1, -0.05) is 23.8 Å². The van der Waals surface area contributed by atoms with Gasteiger partial charge in [-0.05, 0) is 17.7 Å². The molecule has 0 aliphatic rings. The Balaban J connectivity index is 3.17. The van der Waals surface area contributed by atoms with Crippen LogP contribution in [0.4, 0.5) is 0 Å². The molecule has 0 saturated carbocycles. The second kappa shape index (κ2) is 5.93. The minimum atomic E-state index is 0.551. The first kappa shape index (κ1) is 12.3. The van der Waals surface area contributed by atoms with Crippen molar-refractivity contribution in [1.29, 1.82) is 0 Å². The Kier molecular flexibility index (Phi) is 4.85. The zero-order chi connectivity index (χ0) is 11.3. The fourth-order valence-electron chi connectivity index (χ4n) is 1.21. The van der Waals surface area contributed by atoms with E-state index in [0.29, 0.717) is 22.3 Å². The molecule has 0 saturated heterocycles. The van der Waals surface area contributed by atoms with Crippen molar-refractivity contribution in [3.63, 3.8) is 0 Å². The average Bonchev–Trinajstić information content (AvgIpc) is 2.27. The van der Waals surface area contributed by atoms with Gasteiger partial charge in [0.25, 0.3) is 0 Å². The van der Waals surface area contributed by atoms with E-state index in [1.165, 1.54) is 0 Å². The number of methoxy groups -OCH3 is 2. The van der Waals surface area contributed by atoms with Crippen LogP contribution in [0.15, 0.2) is 18.2 Å². The highest BCUT2D eigenvalue weighted by molar-refractivity contribution is 7.80. The van der Waals surface area contributed by atoms with E-state index in [-0.39, 0.29) is 0 Å². The molecule has 0 aliphatic heterocycles. The smallest absolute Gasteiger partial charge is 0.179 e. The molecule has 1 aromatic rings. The zero-order valence-corrected chi connectivity index (χ0v) is 10.3. The van der Waals surface area contributed by atoms with Crippen LogP contribution in [-0.2, 0) is 0 Å². The summed E-state index contributed by atoms with van der Waals surface area (Å²) in [6.45, 7) is 0. The first-order valence-electron chi connectivity index (χ1n) is 4.42. The van der Waals surface area contributed by atoms with Gasteiger partial charge in [0, 0.05) is 5.75 Å². The molecule has 82 valence electrons. The molecule has 0 aromatic heterocycles. The summed E-state index contributed by atoms with van der Waals surface area (Å²) in [4.78, 5) is 0. The molecule has 1 aromatic carbocycles. The summed E-state index contributed by atoms with van der Waals surface area (Å²) in [7, 11) is 3.15. The highest BCUT2D eigenvalue weighted by Crippen LogP contribution is 2.37. The van der Waals surface area contributed by atoms with Crippen molar-refractivity contribution in [2.75, 3.05) is 20.0 Å². The molecule has 0 atom stereocenters. The normalized spacial score (nSPS) is 10.7. The van der Waals surface area contributed by atoms with Gasteiger partial charge in [-0.25, -0.2) is 0 Å². The number of halogens is 1. The van der Waals surface area contributed by atoms with E-state index in [1.54, 1.807) is 14.2 Å². The molecule has 0 aliphatic carbocycles. The molecule has 0 N–H and O–H groups in total. The summed E-state index contributed by atoms with van der Waals surface area (Å²) in [6.07, 6.45) is 3.81. The molecule has 0 fully saturated rings. The molecular weight excluding hydrogens is 232 g/mol. The van der Waals surface area contributed by atoms with Crippen LogP contribution in [-0.4, -0.2) is 20.0 Å². The second-order valence-electron chi connectivity index (χ2n) is 2.79. The first-order valence-corrected chi connectivity index (χ1v) is 5.43. The van der Waals surface area contributed by atoms with E-state index in [2.05, 4.69) is 12.6 Å². The maximum absolute atomic E-state index is 6.15. The van der Waals surface area contributed by atoms with Gasteiger partial charge >= 0.3 is 0 Å². The average molecular weight is 245 g/mol. The monoisotopic (exact) mass is 244 g/mol. The van der Waals surface area contributed by atoms with Gasteiger partial charge in [-0.15, -0.1) is 0 Å². The van der Waals surface area contributed by atoms with Gasteiger partial charge in [0.15, 0.2) is 11.5 Å². The molecular formula is C11H13ClO2S. The van der Waals surface area contributed by atoms with E-state index in [0.717, 1.165) is 5.56 Å². The molecule has 0 bridgehead atoms. The van der Waals surface area contributed by atoms with Gasteiger partial charge in [0.1, 0.15) is 0 Å². The topological polar surface area (TPSA) is 18.5 Å². The quantitative estimate of drug-likeness (QED) is 0.820. The van der Waals surface area contributed by atoms with Crippen molar-refractivity contribution in [2.24, 2.45) is 0 Å². The van der Waals surface area contributed by atoms with Crippen LogP contribution in [0.2, 0.25) is 5.02 Å². The van der Waals surface area contributed by atoms with E-state index >= 15 is 0 Å². The predicted octanol–water partition coefficient (Wildman–Crippen LogP) is 3.30. The van der Waals surface area contributed by atoms with Crippen LogP contribution in [0.1, 0.15) is 5.56 Å². The standard InChI is InChI=1S/C11H13ClO2S/c1-13-9-6-5-8(4-3-7-15)10(12)11(9)14-2/h3-6,15H,7H2,1-2H3. The molecule has 0 radical (unpaired) electrons. The minimum Gasteiger partial charge on any atom is -0.493 e. The SMILES string of the molecule is COc1ccc(C=CCS)c(Cl)c1OC. The molecule has 0 unspecified atom stereocenters. The second-order valence-corrected chi connectivity index (χ2v) is 3.53. The van der Waals surface area contributed by atoms with Gasteiger partial charge in [0.2, 0.25) is 0 Å². The highest BCUT2D eigenvalue weighted by Gasteiger charge is 2.10. The van der Waals surface area contributed by atoms with Crippen LogP contribution in [0.25, 0.3) is 6.08 Å². The van der Waals surface area contributed by atoms with Crippen LogP contribution in [0, 0.1) is 0 Å². The molecule has 15 heavy (non-hydrogen) atoms. The van der Waals surface area contributed by atoms with Crippen molar-refractivity contribution in [3.8, 4) is 11.5 Å². The molecule has 1 rings (SSSR count). The van der Waals surface area contributed by atoms with Gasteiger partial charge in [-0.2, -0.15) is 12.6 Å². The lowest BCUT2D eigenvalue weighted by atomic mass is 10.2. The van der Waals surface area contributed by atoms with Crippen LogP contribution < -0.4 is 9.47 Å². The lowest BCUT2D eigenvalue weighted by Crippen LogP contribution is -1.92. The summed E-state index contributed by atoms with van der Waals surface area (Å²) in [5.74, 6) is 1.86. The number of ether oxygens (including phenoxy) is 2. The molecule has 0 heterocycles.